The molecule has 2 unspecified atom stereocenters. The Hall–Kier alpha value is -2.95. The second kappa shape index (κ2) is 10.1. The van der Waals surface area contributed by atoms with E-state index in [1.165, 1.54) is 35.4 Å². The minimum atomic E-state index is -5.14. The predicted molar refractivity (Wildman–Crippen MR) is 112 cm³/mol. The van der Waals surface area contributed by atoms with Crippen molar-refractivity contribution in [2.75, 3.05) is 19.6 Å². The largest absolute Gasteiger partial charge is 0.491 e. The van der Waals surface area contributed by atoms with Gasteiger partial charge in [0.1, 0.15) is 5.82 Å². The summed E-state index contributed by atoms with van der Waals surface area (Å²) in [6.07, 6.45) is -2.02. The molecule has 3 heterocycles. The first kappa shape index (κ1) is 24.2. The quantitative estimate of drug-likeness (QED) is 0.458. The molecule has 2 aliphatic rings. The third kappa shape index (κ3) is 5.57. The monoisotopic (exact) mass is 483 g/mol. The Bertz CT molecular complexity index is 1000. The fraction of sp³-hybridized carbons (Fsp3) is 0.522. The maximum atomic E-state index is 13.2. The van der Waals surface area contributed by atoms with Crippen molar-refractivity contribution >= 4 is 11.9 Å². The van der Waals surface area contributed by atoms with Gasteiger partial charge in [0, 0.05) is 36.6 Å². The van der Waals surface area contributed by atoms with E-state index in [1.807, 2.05) is 0 Å². The van der Waals surface area contributed by atoms with Crippen molar-refractivity contribution in [1.29, 1.82) is 0 Å². The van der Waals surface area contributed by atoms with E-state index in [4.69, 9.17) is 9.26 Å². The molecule has 184 valence electrons. The zero-order chi connectivity index (χ0) is 24.3. The standard InChI is InChI=1S/C23H25F4N3O4/c24-17-6-3-15(4-7-17)21-16(14-28-34-21)5-8-19(31)30-12-9-18(29-10-1-2-11-29)13-20(30)33-22(32)23(25,26)27/h3-4,6-7,14,18,20H,1-2,5,8-13H2. The Labute approximate surface area is 193 Å². The molecule has 34 heavy (non-hydrogen) atoms. The van der Waals surface area contributed by atoms with E-state index < -0.39 is 30.1 Å². The summed E-state index contributed by atoms with van der Waals surface area (Å²) < 4.78 is 61.8. The molecule has 7 nitrogen and oxygen atoms in total. The van der Waals surface area contributed by atoms with Gasteiger partial charge in [0.05, 0.1) is 6.20 Å². The summed E-state index contributed by atoms with van der Waals surface area (Å²) in [7, 11) is 0. The summed E-state index contributed by atoms with van der Waals surface area (Å²) >= 11 is 0. The number of hydrogen-bond donors (Lipinski definition) is 0. The van der Waals surface area contributed by atoms with Gasteiger partial charge >= 0.3 is 12.1 Å². The number of piperidine rings is 1. The van der Waals surface area contributed by atoms with Crippen LogP contribution in [-0.4, -0.2) is 64.9 Å². The molecule has 1 aromatic heterocycles. The minimum Gasteiger partial charge on any atom is -0.435 e. The normalized spacial score (nSPS) is 21.6. The number of esters is 1. The van der Waals surface area contributed by atoms with Gasteiger partial charge in [0.25, 0.3) is 0 Å². The van der Waals surface area contributed by atoms with Gasteiger partial charge < -0.3 is 19.1 Å². The van der Waals surface area contributed by atoms with Gasteiger partial charge in [-0.25, -0.2) is 9.18 Å². The second-order valence-electron chi connectivity index (χ2n) is 8.55. The fourth-order valence-electron chi connectivity index (χ4n) is 4.60. The van der Waals surface area contributed by atoms with Crippen LogP contribution in [0.4, 0.5) is 17.6 Å². The van der Waals surface area contributed by atoms with Crippen molar-refractivity contribution in [3.05, 3.63) is 41.8 Å². The maximum absolute atomic E-state index is 13.2. The van der Waals surface area contributed by atoms with Crippen LogP contribution >= 0.6 is 0 Å². The van der Waals surface area contributed by atoms with Crippen LogP contribution in [0.2, 0.25) is 0 Å². The lowest BCUT2D eigenvalue weighted by Crippen LogP contribution is -2.54. The molecule has 2 fully saturated rings. The van der Waals surface area contributed by atoms with Crippen LogP contribution < -0.4 is 0 Å². The van der Waals surface area contributed by atoms with Crippen molar-refractivity contribution in [1.82, 2.24) is 15.0 Å². The van der Waals surface area contributed by atoms with E-state index >= 15 is 0 Å². The van der Waals surface area contributed by atoms with E-state index in [2.05, 4.69) is 10.1 Å². The number of benzene rings is 1. The molecule has 2 aliphatic heterocycles. The van der Waals surface area contributed by atoms with E-state index in [-0.39, 0.29) is 31.8 Å². The average molecular weight is 483 g/mol. The van der Waals surface area contributed by atoms with Crippen molar-refractivity contribution in [3.63, 3.8) is 0 Å². The van der Waals surface area contributed by atoms with Gasteiger partial charge in [-0.1, -0.05) is 5.16 Å². The molecule has 0 saturated carbocycles. The number of amides is 1. The molecule has 4 rings (SSSR count). The topological polar surface area (TPSA) is 75.9 Å². The molecular formula is C23H25F4N3O4. The highest BCUT2D eigenvalue weighted by Gasteiger charge is 2.45. The molecule has 0 aliphatic carbocycles. The molecular weight excluding hydrogens is 458 g/mol. The number of carbonyl (C=O) groups excluding carboxylic acids is 2. The molecule has 2 aromatic rings. The lowest BCUT2D eigenvalue weighted by Gasteiger charge is -2.41. The highest BCUT2D eigenvalue weighted by molar-refractivity contribution is 5.79. The molecule has 0 radical (unpaired) electrons. The molecule has 2 atom stereocenters. The van der Waals surface area contributed by atoms with Crippen molar-refractivity contribution < 1.29 is 36.4 Å². The third-order valence-electron chi connectivity index (χ3n) is 6.34. The summed E-state index contributed by atoms with van der Waals surface area (Å²) in [6.45, 7) is 1.89. The Balaban J connectivity index is 1.43. The molecule has 1 aromatic carbocycles. The SMILES string of the molecule is O=C(CCc1cnoc1-c1ccc(F)cc1)N1CCC(N2CCCC2)CC1OC(=O)C(F)(F)F. The van der Waals surface area contributed by atoms with E-state index in [0.717, 1.165) is 25.9 Å². The highest BCUT2D eigenvalue weighted by atomic mass is 19.4. The molecule has 0 bridgehead atoms. The van der Waals surface area contributed by atoms with Crippen molar-refractivity contribution in [2.24, 2.45) is 0 Å². The van der Waals surface area contributed by atoms with Gasteiger partial charge in [-0.05, 0) is 63.0 Å². The third-order valence-corrected chi connectivity index (χ3v) is 6.34. The Morgan fingerprint density at radius 3 is 2.50 bits per heavy atom. The van der Waals surface area contributed by atoms with E-state index in [9.17, 15) is 27.2 Å². The average Bonchev–Trinajstić information content (AvgIpc) is 3.50. The lowest BCUT2D eigenvalue weighted by atomic mass is 10.00. The van der Waals surface area contributed by atoms with Crippen LogP contribution in [0.15, 0.2) is 35.0 Å². The number of nitrogens with zero attached hydrogens (tertiary/aromatic N) is 3. The van der Waals surface area contributed by atoms with Crippen LogP contribution in [-0.2, 0) is 20.7 Å². The second-order valence-corrected chi connectivity index (χ2v) is 8.55. The highest BCUT2D eigenvalue weighted by Crippen LogP contribution is 2.29. The predicted octanol–water partition coefficient (Wildman–Crippen LogP) is 3.93. The molecule has 0 spiro atoms. The minimum absolute atomic E-state index is 0.0378. The molecule has 11 heteroatoms. The van der Waals surface area contributed by atoms with Crippen molar-refractivity contribution in [2.45, 2.75) is 57.0 Å². The summed E-state index contributed by atoms with van der Waals surface area (Å²) in [4.78, 5) is 28.0. The fourth-order valence-corrected chi connectivity index (χ4v) is 4.60. The summed E-state index contributed by atoms with van der Waals surface area (Å²) in [5.74, 6) is -2.74. The summed E-state index contributed by atoms with van der Waals surface area (Å²) in [5, 5.41) is 3.75. The van der Waals surface area contributed by atoms with Gasteiger partial charge in [-0.2, -0.15) is 13.2 Å². The number of hydrogen-bond acceptors (Lipinski definition) is 6. The van der Waals surface area contributed by atoms with Gasteiger partial charge in [0.2, 0.25) is 5.91 Å². The first-order valence-corrected chi connectivity index (χ1v) is 11.2. The first-order valence-electron chi connectivity index (χ1n) is 11.2. The smallest absolute Gasteiger partial charge is 0.435 e. The Morgan fingerprint density at radius 2 is 1.82 bits per heavy atom. The van der Waals surface area contributed by atoms with Gasteiger partial charge in [-0.3, -0.25) is 4.79 Å². The number of ether oxygens (including phenoxy) is 1. The molecule has 2 saturated heterocycles. The Morgan fingerprint density at radius 1 is 1.12 bits per heavy atom. The first-order chi connectivity index (χ1) is 16.2. The lowest BCUT2D eigenvalue weighted by molar-refractivity contribution is -0.216. The number of carbonyl (C=O) groups is 2. The van der Waals surface area contributed by atoms with Gasteiger partial charge in [0.15, 0.2) is 12.0 Å². The number of rotatable bonds is 6. The molecule has 0 N–H and O–H groups in total. The number of alkyl halides is 3. The van der Waals surface area contributed by atoms with Crippen LogP contribution in [0.1, 0.15) is 37.7 Å². The maximum Gasteiger partial charge on any atom is 0.491 e. The van der Waals surface area contributed by atoms with E-state index in [0.29, 0.717) is 23.3 Å². The Kier molecular flexibility index (Phi) is 7.20. The number of halogens is 4. The number of aromatic nitrogens is 1. The summed E-state index contributed by atoms with van der Waals surface area (Å²) in [6, 6.07) is 5.56. The van der Waals surface area contributed by atoms with Crippen LogP contribution in [0.5, 0.6) is 0 Å². The zero-order valence-electron chi connectivity index (χ0n) is 18.4. The summed E-state index contributed by atoms with van der Waals surface area (Å²) in [5.41, 5.74) is 1.19. The van der Waals surface area contributed by atoms with Crippen LogP contribution in [0, 0.1) is 5.82 Å². The van der Waals surface area contributed by atoms with Crippen molar-refractivity contribution in [3.8, 4) is 11.3 Å². The zero-order valence-corrected chi connectivity index (χ0v) is 18.4. The number of likely N-dealkylation sites (tertiary alicyclic amines) is 2. The molecule has 1 amide bonds. The van der Waals surface area contributed by atoms with Crippen LogP contribution in [0.25, 0.3) is 11.3 Å². The van der Waals surface area contributed by atoms with Crippen LogP contribution in [0.3, 0.4) is 0 Å². The number of aryl methyl sites for hydroxylation is 1. The van der Waals surface area contributed by atoms with E-state index in [1.54, 1.807) is 0 Å². The van der Waals surface area contributed by atoms with Gasteiger partial charge in [-0.15, -0.1) is 0 Å².